The standard InChI is InChI=1S/C15H15NO2/c1-12(17)5-3-2-4-6-15(18)14-9-7-13(11-16)8-10-14/h4,6-10H,2-3,5H2,1H3/b6-4+. The van der Waals surface area contributed by atoms with Crippen LogP contribution in [0.4, 0.5) is 0 Å². The van der Waals surface area contributed by atoms with Gasteiger partial charge in [-0.2, -0.15) is 5.26 Å². The number of nitrogens with zero attached hydrogens (tertiary/aromatic N) is 1. The summed E-state index contributed by atoms with van der Waals surface area (Å²) in [7, 11) is 0. The first-order chi connectivity index (χ1) is 8.63. The van der Waals surface area contributed by atoms with Gasteiger partial charge in [-0.25, -0.2) is 0 Å². The SMILES string of the molecule is CC(=O)CCC/C=C/C(=O)c1ccc(C#N)cc1. The Bertz CT molecular complexity index is 492. The lowest BCUT2D eigenvalue weighted by molar-refractivity contribution is -0.117. The molecule has 0 amide bonds. The quantitative estimate of drug-likeness (QED) is 0.437. The summed E-state index contributed by atoms with van der Waals surface area (Å²) in [5.41, 5.74) is 1.11. The van der Waals surface area contributed by atoms with Crippen LogP contribution in [0.3, 0.4) is 0 Å². The van der Waals surface area contributed by atoms with E-state index in [1.165, 1.54) is 6.08 Å². The lowest BCUT2D eigenvalue weighted by Gasteiger charge is -1.95. The molecule has 0 radical (unpaired) electrons. The maximum atomic E-state index is 11.7. The highest BCUT2D eigenvalue weighted by molar-refractivity contribution is 6.04. The molecule has 1 aromatic rings. The van der Waals surface area contributed by atoms with Gasteiger partial charge in [0.25, 0.3) is 0 Å². The van der Waals surface area contributed by atoms with Crippen LogP contribution in [-0.4, -0.2) is 11.6 Å². The minimum absolute atomic E-state index is 0.0812. The van der Waals surface area contributed by atoms with Gasteiger partial charge >= 0.3 is 0 Å². The number of ketones is 2. The van der Waals surface area contributed by atoms with Crippen molar-refractivity contribution in [3.05, 3.63) is 47.5 Å². The molecule has 0 spiro atoms. The smallest absolute Gasteiger partial charge is 0.185 e. The average Bonchev–Trinajstić information content (AvgIpc) is 2.38. The fourth-order valence-electron chi connectivity index (χ4n) is 1.46. The Labute approximate surface area is 107 Å². The van der Waals surface area contributed by atoms with E-state index >= 15 is 0 Å². The molecule has 1 aromatic carbocycles. The second-order valence-electron chi connectivity index (χ2n) is 4.05. The van der Waals surface area contributed by atoms with Crippen LogP contribution in [0.2, 0.25) is 0 Å². The summed E-state index contributed by atoms with van der Waals surface area (Å²) >= 11 is 0. The summed E-state index contributed by atoms with van der Waals surface area (Å²) in [4.78, 5) is 22.4. The van der Waals surface area contributed by atoms with Gasteiger partial charge in [0.05, 0.1) is 11.6 Å². The third-order valence-corrected chi connectivity index (χ3v) is 2.47. The molecule has 0 aliphatic rings. The zero-order valence-electron chi connectivity index (χ0n) is 10.3. The Kier molecular flexibility index (Phi) is 5.53. The molecular weight excluding hydrogens is 226 g/mol. The van der Waals surface area contributed by atoms with Crippen LogP contribution >= 0.6 is 0 Å². The minimum Gasteiger partial charge on any atom is -0.300 e. The summed E-state index contributed by atoms with van der Waals surface area (Å²) in [6.45, 7) is 1.56. The molecule has 0 saturated carbocycles. The predicted molar refractivity (Wildman–Crippen MR) is 69.2 cm³/mol. The van der Waals surface area contributed by atoms with Crippen LogP contribution in [0, 0.1) is 11.3 Å². The fraction of sp³-hybridized carbons (Fsp3) is 0.267. The van der Waals surface area contributed by atoms with Crippen LogP contribution in [0.1, 0.15) is 42.1 Å². The van der Waals surface area contributed by atoms with E-state index in [1.807, 2.05) is 6.07 Å². The van der Waals surface area contributed by atoms with E-state index in [1.54, 1.807) is 37.3 Å². The van der Waals surface area contributed by atoms with Gasteiger partial charge in [-0.15, -0.1) is 0 Å². The molecule has 18 heavy (non-hydrogen) atoms. The topological polar surface area (TPSA) is 57.9 Å². The maximum absolute atomic E-state index is 11.7. The van der Waals surface area contributed by atoms with Crippen molar-refractivity contribution in [2.45, 2.75) is 26.2 Å². The molecule has 0 aliphatic carbocycles. The fourth-order valence-corrected chi connectivity index (χ4v) is 1.46. The second-order valence-corrected chi connectivity index (χ2v) is 4.05. The van der Waals surface area contributed by atoms with Gasteiger partial charge in [-0.05, 0) is 50.1 Å². The van der Waals surface area contributed by atoms with Crippen molar-refractivity contribution in [3.8, 4) is 6.07 Å². The van der Waals surface area contributed by atoms with Crippen molar-refractivity contribution in [1.82, 2.24) is 0 Å². The van der Waals surface area contributed by atoms with Gasteiger partial charge in [0.2, 0.25) is 0 Å². The molecule has 3 heteroatoms. The van der Waals surface area contributed by atoms with Gasteiger partial charge in [-0.1, -0.05) is 6.08 Å². The third kappa shape index (κ3) is 4.75. The number of unbranched alkanes of at least 4 members (excludes halogenated alkanes) is 1. The lowest BCUT2D eigenvalue weighted by atomic mass is 10.1. The summed E-state index contributed by atoms with van der Waals surface area (Å²) in [6, 6.07) is 8.53. The second kappa shape index (κ2) is 7.18. The molecule has 0 N–H and O–H groups in total. The van der Waals surface area contributed by atoms with Crippen LogP contribution in [0.15, 0.2) is 36.4 Å². The molecule has 0 saturated heterocycles. The molecular formula is C15H15NO2. The van der Waals surface area contributed by atoms with Gasteiger partial charge in [0.1, 0.15) is 5.78 Å². The highest BCUT2D eigenvalue weighted by atomic mass is 16.1. The van der Waals surface area contributed by atoms with Gasteiger partial charge in [0, 0.05) is 12.0 Å². The zero-order chi connectivity index (χ0) is 13.4. The number of carbonyl (C=O) groups excluding carboxylic acids is 2. The molecule has 92 valence electrons. The Hall–Kier alpha value is -2.21. The first-order valence-corrected chi connectivity index (χ1v) is 5.84. The van der Waals surface area contributed by atoms with Crippen LogP contribution < -0.4 is 0 Å². The van der Waals surface area contributed by atoms with E-state index < -0.39 is 0 Å². The van der Waals surface area contributed by atoms with Crippen molar-refractivity contribution in [1.29, 1.82) is 5.26 Å². The normalized spacial score (nSPS) is 10.2. The van der Waals surface area contributed by atoms with E-state index in [-0.39, 0.29) is 11.6 Å². The largest absolute Gasteiger partial charge is 0.300 e. The minimum atomic E-state index is -0.0812. The number of benzene rings is 1. The van der Waals surface area contributed by atoms with Crippen molar-refractivity contribution in [2.24, 2.45) is 0 Å². The zero-order valence-corrected chi connectivity index (χ0v) is 10.3. The number of hydrogen-bond donors (Lipinski definition) is 0. The third-order valence-electron chi connectivity index (χ3n) is 2.47. The monoisotopic (exact) mass is 241 g/mol. The average molecular weight is 241 g/mol. The number of hydrogen-bond acceptors (Lipinski definition) is 3. The summed E-state index contributed by atoms with van der Waals surface area (Å²) < 4.78 is 0. The highest BCUT2D eigenvalue weighted by Crippen LogP contribution is 2.06. The van der Waals surface area contributed by atoms with E-state index in [4.69, 9.17) is 5.26 Å². The molecule has 0 heterocycles. The maximum Gasteiger partial charge on any atom is 0.185 e. The van der Waals surface area contributed by atoms with Gasteiger partial charge in [-0.3, -0.25) is 4.79 Å². The summed E-state index contributed by atoms with van der Waals surface area (Å²) in [5.74, 6) is 0.0872. The highest BCUT2D eigenvalue weighted by Gasteiger charge is 2.01. The van der Waals surface area contributed by atoms with E-state index in [9.17, 15) is 9.59 Å². The van der Waals surface area contributed by atoms with Gasteiger partial charge < -0.3 is 4.79 Å². The van der Waals surface area contributed by atoms with Gasteiger partial charge in [0.15, 0.2) is 5.78 Å². The number of Topliss-reactive ketones (excluding diaryl/α,β-unsaturated/α-hetero) is 1. The van der Waals surface area contributed by atoms with E-state index in [2.05, 4.69) is 0 Å². The number of carbonyl (C=O) groups is 2. The molecule has 0 fully saturated rings. The molecule has 0 aromatic heterocycles. The van der Waals surface area contributed by atoms with Crippen molar-refractivity contribution >= 4 is 11.6 Å². The predicted octanol–water partition coefficient (Wildman–Crippen LogP) is 3.06. The Morgan fingerprint density at radius 2 is 1.94 bits per heavy atom. The Morgan fingerprint density at radius 1 is 1.28 bits per heavy atom. The van der Waals surface area contributed by atoms with Crippen LogP contribution in [0.25, 0.3) is 0 Å². The molecule has 3 nitrogen and oxygen atoms in total. The Morgan fingerprint density at radius 3 is 2.50 bits per heavy atom. The summed E-state index contributed by atoms with van der Waals surface area (Å²) in [6.07, 6.45) is 5.34. The number of allylic oxidation sites excluding steroid dienone is 2. The van der Waals surface area contributed by atoms with E-state index in [0.29, 0.717) is 17.5 Å². The molecule has 0 aliphatic heterocycles. The molecule has 0 bridgehead atoms. The van der Waals surface area contributed by atoms with Crippen molar-refractivity contribution in [3.63, 3.8) is 0 Å². The summed E-state index contributed by atoms with van der Waals surface area (Å²) in [5, 5.41) is 8.64. The first kappa shape index (κ1) is 13.9. The molecule has 0 unspecified atom stereocenters. The Balaban J connectivity index is 2.47. The number of nitriles is 1. The van der Waals surface area contributed by atoms with Crippen molar-refractivity contribution in [2.75, 3.05) is 0 Å². The molecule has 0 atom stereocenters. The molecule has 1 rings (SSSR count). The van der Waals surface area contributed by atoms with Crippen molar-refractivity contribution < 1.29 is 9.59 Å². The van der Waals surface area contributed by atoms with E-state index in [0.717, 1.165) is 12.8 Å². The van der Waals surface area contributed by atoms with Crippen LogP contribution in [-0.2, 0) is 4.79 Å². The first-order valence-electron chi connectivity index (χ1n) is 5.84. The number of rotatable bonds is 6. The van der Waals surface area contributed by atoms with Crippen LogP contribution in [0.5, 0.6) is 0 Å². The lowest BCUT2D eigenvalue weighted by Crippen LogP contribution is -1.94.